The highest BCUT2D eigenvalue weighted by molar-refractivity contribution is 6.21. The summed E-state index contributed by atoms with van der Waals surface area (Å²) in [6.45, 7) is 2.54. The van der Waals surface area contributed by atoms with Crippen molar-refractivity contribution in [3.8, 4) is 23.3 Å². The maximum absolute atomic E-state index is 9.56. The standard InChI is InChI=1S/C19H21N3O.C18H13N3O2/c1-3-4-5-15-12(10-20)8-13(11-21)18-16-7-6-14(23-2)9-17(16)22-19(15)18;1-22-12-3-4-13-14(6-12)21-18-16(13)10(7-19)5-11-8-20-9-15(23-2)17(11)18/h4-10,20,22H,3,11,21H2,1-2H3;3-6,8-9,21H,1-2H3/b5-4-,20-10?;. The molecule has 46 heavy (non-hydrogen) atoms. The number of hydrogen-bond acceptors (Lipinski definition) is 7. The Morgan fingerprint density at radius 3 is 2.13 bits per heavy atom. The predicted molar refractivity (Wildman–Crippen MR) is 186 cm³/mol. The number of pyridine rings is 1. The summed E-state index contributed by atoms with van der Waals surface area (Å²) in [5.41, 5.74) is 13.4. The zero-order valence-electron chi connectivity index (χ0n) is 26.1. The van der Waals surface area contributed by atoms with Gasteiger partial charge in [-0.05, 0) is 48.4 Å². The Hall–Kier alpha value is -5.85. The fraction of sp³-hybridized carbons (Fsp3) is 0.162. The molecule has 0 aliphatic carbocycles. The molecule has 0 atom stereocenters. The number of aromatic amines is 2. The molecule has 4 aromatic carbocycles. The molecule has 3 heterocycles. The highest BCUT2D eigenvalue weighted by Gasteiger charge is 2.17. The topological polar surface area (TPSA) is 146 Å². The van der Waals surface area contributed by atoms with Gasteiger partial charge in [0.25, 0.3) is 0 Å². The molecule has 7 aromatic rings. The van der Waals surface area contributed by atoms with E-state index in [0.29, 0.717) is 17.9 Å². The number of nitrogens with zero attached hydrogens (tertiary/aromatic N) is 2. The van der Waals surface area contributed by atoms with Crippen LogP contribution < -0.4 is 19.9 Å². The summed E-state index contributed by atoms with van der Waals surface area (Å²) in [5.74, 6) is 2.26. The van der Waals surface area contributed by atoms with Crippen molar-refractivity contribution in [3.63, 3.8) is 0 Å². The van der Waals surface area contributed by atoms with Gasteiger partial charge in [-0.2, -0.15) is 5.26 Å². The number of benzene rings is 4. The summed E-state index contributed by atoms with van der Waals surface area (Å²) in [4.78, 5) is 11.1. The third-order valence-corrected chi connectivity index (χ3v) is 8.24. The summed E-state index contributed by atoms with van der Waals surface area (Å²) in [5, 5.41) is 23.2. The van der Waals surface area contributed by atoms with Crippen molar-refractivity contribution in [3.05, 3.63) is 89.3 Å². The van der Waals surface area contributed by atoms with E-state index in [1.54, 1.807) is 33.7 Å². The average molecular weight is 611 g/mol. The van der Waals surface area contributed by atoms with Crippen LogP contribution in [0.3, 0.4) is 0 Å². The van der Waals surface area contributed by atoms with E-state index in [1.165, 1.54) is 6.21 Å². The molecule has 0 saturated heterocycles. The molecular formula is C37H34N6O3. The van der Waals surface area contributed by atoms with Gasteiger partial charge in [0, 0.05) is 69.1 Å². The van der Waals surface area contributed by atoms with Crippen LogP contribution in [0.25, 0.3) is 60.5 Å². The van der Waals surface area contributed by atoms with Crippen LogP contribution in [0, 0.1) is 16.7 Å². The molecule has 0 saturated carbocycles. The maximum atomic E-state index is 9.56. The first kappa shape index (κ1) is 30.2. The number of nitrogens with two attached hydrogens (primary N) is 1. The molecule has 0 radical (unpaired) electrons. The molecule has 0 fully saturated rings. The van der Waals surface area contributed by atoms with Crippen molar-refractivity contribution in [1.29, 1.82) is 10.7 Å². The number of fused-ring (bicyclic) bond motifs is 8. The molecular weight excluding hydrogens is 576 g/mol. The van der Waals surface area contributed by atoms with Gasteiger partial charge in [0.15, 0.2) is 0 Å². The van der Waals surface area contributed by atoms with Crippen LogP contribution in [0.4, 0.5) is 0 Å². The molecule has 9 heteroatoms. The Balaban J connectivity index is 0.000000162. The van der Waals surface area contributed by atoms with E-state index in [4.69, 9.17) is 25.4 Å². The van der Waals surface area contributed by atoms with Crippen LogP contribution >= 0.6 is 0 Å². The molecule has 0 amide bonds. The normalized spacial score (nSPS) is 11.3. The van der Waals surface area contributed by atoms with Crippen molar-refractivity contribution in [2.75, 3.05) is 21.3 Å². The second-order valence-electron chi connectivity index (χ2n) is 10.7. The SMILES string of the molecule is CC/C=C\c1c(C=N)cc(CN)c2c1[nH]c1cc(OC)ccc12.COc1ccc2c(c1)[nH]c1c3c(OC)cncc3cc(C#N)c21. The van der Waals surface area contributed by atoms with Gasteiger partial charge in [0.1, 0.15) is 17.2 Å². The molecule has 3 aromatic heterocycles. The first-order chi connectivity index (χ1) is 22.5. The lowest BCUT2D eigenvalue weighted by molar-refractivity contribution is 0.415. The van der Waals surface area contributed by atoms with Crippen LogP contribution in [-0.4, -0.2) is 42.5 Å². The van der Waals surface area contributed by atoms with Crippen LogP contribution in [0.2, 0.25) is 0 Å². The van der Waals surface area contributed by atoms with Gasteiger partial charge >= 0.3 is 0 Å². The van der Waals surface area contributed by atoms with Crippen molar-refractivity contribution >= 4 is 66.7 Å². The molecule has 0 aliphatic heterocycles. The van der Waals surface area contributed by atoms with E-state index in [9.17, 15) is 5.26 Å². The van der Waals surface area contributed by atoms with Gasteiger partial charge in [0.2, 0.25) is 0 Å². The number of aromatic nitrogens is 3. The Morgan fingerprint density at radius 2 is 1.54 bits per heavy atom. The lowest BCUT2D eigenvalue weighted by Gasteiger charge is -2.08. The van der Waals surface area contributed by atoms with Gasteiger partial charge in [-0.1, -0.05) is 19.1 Å². The van der Waals surface area contributed by atoms with E-state index < -0.39 is 0 Å². The van der Waals surface area contributed by atoms with Gasteiger partial charge in [-0.25, -0.2) is 0 Å². The lowest BCUT2D eigenvalue weighted by Crippen LogP contribution is -2.00. The fourth-order valence-electron chi connectivity index (χ4n) is 6.09. The second kappa shape index (κ2) is 12.6. The smallest absolute Gasteiger partial charge is 0.147 e. The molecule has 0 spiro atoms. The van der Waals surface area contributed by atoms with Crippen LogP contribution in [0.5, 0.6) is 17.2 Å². The largest absolute Gasteiger partial charge is 0.497 e. The minimum atomic E-state index is 0.439. The van der Waals surface area contributed by atoms with Crippen LogP contribution in [0.15, 0.2) is 67.0 Å². The number of allylic oxidation sites excluding steroid dienone is 1. The van der Waals surface area contributed by atoms with Gasteiger partial charge < -0.3 is 35.3 Å². The Morgan fingerprint density at radius 1 is 0.870 bits per heavy atom. The maximum Gasteiger partial charge on any atom is 0.147 e. The molecule has 0 aliphatic rings. The Labute approximate surface area is 265 Å². The van der Waals surface area contributed by atoms with Gasteiger partial charge in [-0.3, -0.25) is 4.98 Å². The summed E-state index contributed by atoms with van der Waals surface area (Å²) < 4.78 is 16.1. The lowest BCUT2D eigenvalue weighted by atomic mass is 9.97. The second-order valence-corrected chi connectivity index (χ2v) is 10.7. The summed E-state index contributed by atoms with van der Waals surface area (Å²) in [6, 6.07) is 18.0. The molecule has 5 N–H and O–H groups in total. The van der Waals surface area contributed by atoms with E-state index in [-0.39, 0.29) is 0 Å². The molecule has 230 valence electrons. The highest BCUT2D eigenvalue weighted by atomic mass is 16.5. The Bertz CT molecular complexity index is 2340. The molecule has 7 rings (SSSR count). The van der Waals surface area contributed by atoms with Crippen molar-refractivity contribution in [1.82, 2.24) is 15.0 Å². The van der Waals surface area contributed by atoms with Crippen LogP contribution in [-0.2, 0) is 6.54 Å². The minimum Gasteiger partial charge on any atom is -0.497 e. The summed E-state index contributed by atoms with van der Waals surface area (Å²) in [7, 11) is 4.92. The number of rotatable bonds is 7. The van der Waals surface area contributed by atoms with E-state index in [1.807, 2.05) is 42.5 Å². The number of ether oxygens (including phenoxy) is 3. The quantitative estimate of drug-likeness (QED) is 0.135. The van der Waals surface area contributed by atoms with Gasteiger partial charge in [-0.15, -0.1) is 0 Å². The third kappa shape index (κ3) is 5.05. The van der Waals surface area contributed by atoms with E-state index in [2.05, 4.69) is 46.2 Å². The number of H-pyrrole nitrogens is 2. The molecule has 0 bridgehead atoms. The van der Waals surface area contributed by atoms with Crippen molar-refractivity contribution in [2.45, 2.75) is 19.9 Å². The summed E-state index contributed by atoms with van der Waals surface area (Å²) in [6.07, 6.45) is 9.95. The molecule has 9 nitrogen and oxygen atoms in total. The fourth-order valence-corrected chi connectivity index (χ4v) is 6.09. The minimum absolute atomic E-state index is 0.439. The number of nitrogens with one attached hydrogen (secondary N) is 3. The number of methoxy groups -OCH3 is 3. The summed E-state index contributed by atoms with van der Waals surface area (Å²) >= 11 is 0. The zero-order valence-corrected chi connectivity index (χ0v) is 26.1. The molecule has 0 unspecified atom stereocenters. The average Bonchev–Trinajstić information content (AvgIpc) is 3.68. The number of nitriles is 1. The van der Waals surface area contributed by atoms with Crippen molar-refractivity contribution < 1.29 is 14.2 Å². The third-order valence-electron chi connectivity index (χ3n) is 8.24. The van der Waals surface area contributed by atoms with E-state index >= 15 is 0 Å². The van der Waals surface area contributed by atoms with E-state index in [0.717, 1.165) is 89.0 Å². The predicted octanol–water partition coefficient (Wildman–Crippen LogP) is 7.97. The van der Waals surface area contributed by atoms with Crippen LogP contribution in [0.1, 0.15) is 35.6 Å². The highest BCUT2D eigenvalue weighted by Crippen LogP contribution is 2.39. The monoisotopic (exact) mass is 610 g/mol. The zero-order chi connectivity index (χ0) is 32.4. The number of hydrogen-bond donors (Lipinski definition) is 4. The van der Waals surface area contributed by atoms with Gasteiger partial charge in [0.05, 0.1) is 66.6 Å². The van der Waals surface area contributed by atoms with Crippen molar-refractivity contribution in [2.24, 2.45) is 5.73 Å². The Kier molecular flexibility index (Phi) is 8.29. The first-order valence-corrected chi connectivity index (χ1v) is 14.9. The first-order valence-electron chi connectivity index (χ1n) is 14.9.